The topological polar surface area (TPSA) is 40.9 Å². The Morgan fingerprint density at radius 1 is 1.62 bits per heavy atom. The van der Waals surface area contributed by atoms with Gasteiger partial charge in [-0.1, -0.05) is 18.5 Å². The van der Waals surface area contributed by atoms with Crippen molar-refractivity contribution in [2.24, 2.45) is 5.92 Å². The number of carbonyl (C=O) groups is 1. The van der Waals surface area contributed by atoms with E-state index in [0.717, 1.165) is 0 Å². The van der Waals surface area contributed by atoms with Crippen LogP contribution in [0.3, 0.4) is 0 Å². The van der Waals surface area contributed by atoms with Crippen molar-refractivity contribution in [2.45, 2.75) is 19.8 Å². The van der Waals surface area contributed by atoms with Crippen LogP contribution in [0.1, 0.15) is 30.1 Å². The summed E-state index contributed by atoms with van der Waals surface area (Å²) in [4.78, 5) is 12.1. The lowest BCUT2D eigenvalue weighted by molar-refractivity contribution is 0.0918. The largest absolute Gasteiger partial charge is 0.294 e. The predicted molar refractivity (Wildman–Crippen MR) is 67.5 cm³/mol. The number of halogens is 2. The molecule has 0 aliphatic heterocycles. The fourth-order valence-corrected chi connectivity index (χ4v) is 2.32. The molecule has 2 nitrogen and oxygen atoms in total. The van der Waals surface area contributed by atoms with Gasteiger partial charge in [0.1, 0.15) is 0 Å². The normalized spacial score (nSPS) is 11.9. The molecule has 1 atom stereocenters. The van der Waals surface area contributed by atoms with Crippen LogP contribution in [0.2, 0.25) is 5.02 Å². The molecule has 0 N–H and O–H groups in total. The number of Topliss-reactive ketones (excluding diaryl/α,β-unsaturated/α-hetero) is 1. The molecule has 4 heteroatoms. The molecule has 84 valence electrons. The standard InChI is InChI=1S/C12H11BrClNO/c1-2-8(5-6-15)12(16)10-4-3-9(14)7-11(10)13/h3-4,7-8H,2,5H2,1H3. The maximum Gasteiger partial charge on any atom is 0.168 e. The third-order valence-electron chi connectivity index (χ3n) is 2.40. The average molecular weight is 301 g/mol. The molecule has 0 aromatic heterocycles. The van der Waals surface area contributed by atoms with Gasteiger partial charge in [-0.25, -0.2) is 0 Å². The summed E-state index contributed by atoms with van der Waals surface area (Å²) in [6, 6.07) is 7.09. The van der Waals surface area contributed by atoms with Gasteiger partial charge in [-0.3, -0.25) is 4.79 Å². The second kappa shape index (κ2) is 6.03. The predicted octanol–water partition coefficient (Wildman–Crippen LogP) is 4.23. The summed E-state index contributed by atoms with van der Waals surface area (Å²) in [7, 11) is 0. The van der Waals surface area contributed by atoms with E-state index in [1.54, 1.807) is 18.2 Å². The van der Waals surface area contributed by atoms with Gasteiger partial charge < -0.3 is 0 Å². The molecule has 1 aromatic carbocycles. The summed E-state index contributed by atoms with van der Waals surface area (Å²) in [5, 5.41) is 9.22. The molecule has 0 bridgehead atoms. The van der Waals surface area contributed by atoms with Crippen molar-refractivity contribution >= 4 is 33.3 Å². The minimum absolute atomic E-state index is 0.00686. The van der Waals surface area contributed by atoms with E-state index in [2.05, 4.69) is 15.9 Å². The Kier molecular flexibility index (Phi) is 4.98. The Labute approximate surface area is 108 Å². The zero-order chi connectivity index (χ0) is 12.1. The van der Waals surface area contributed by atoms with Gasteiger partial charge in [0.05, 0.1) is 6.07 Å². The summed E-state index contributed by atoms with van der Waals surface area (Å²) in [6.07, 6.45) is 0.922. The van der Waals surface area contributed by atoms with Crippen molar-refractivity contribution < 1.29 is 4.79 Å². The monoisotopic (exact) mass is 299 g/mol. The molecule has 0 fully saturated rings. The maximum absolute atomic E-state index is 12.1. The Bertz CT molecular complexity index is 439. The first-order valence-electron chi connectivity index (χ1n) is 4.96. The highest BCUT2D eigenvalue weighted by molar-refractivity contribution is 9.10. The lowest BCUT2D eigenvalue weighted by Gasteiger charge is -2.11. The summed E-state index contributed by atoms with van der Waals surface area (Å²) >= 11 is 9.11. The molecule has 0 radical (unpaired) electrons. The van der Waals surface area contributed by atoms with Crippen LogP contribution < -0.4 is 0 Å². The molecule has 0 heterocycles. The molecule has 0 aliphatic carbocycles. The minimum Gasteiger partial charge on any atom is -0.294 e. The van der Waals surface area contributed by atoms with Gasteiger partial charge in [0.25, 0.3) is 0 Å². The lowest BCUT2D eigenvalue weighted by Crippen LogP contribution is -2.14. The maximum atomic E-state index is 12.1. The fraction of sp³-hybridized carbons (Fsp3) is 0.333. The quantitative estimate of drug-likeness (QED) is 0.781. The molecule has 1 unspecified atom stereocenters. The van der Waals surface area contributed by atoms with Gasteiger partial charge in [-0.05, 0) is 40.5 Å². The van der Waals surface area contributed by atoms with E-state index in [1.165, 1.54) is 0 Å². The molecular formula is C12H11BrClNO. The number of carbonyl (C=O) groups excluding carboxylic acids is 1. The molecule has 0 saturated heterocycles. The highest BCUT2D eigenvalue weighted by Gasteiger charge is 2.20. The van der Waals surface area contributed by atoms with Gasteiger partial charge in [0.15, 0.2) is 5.78 Å². The SMILES string of the molecule is CCC(CC#N)C(=O)c1ccc(Cl)cc1Br. The van der Waals surface area contributed by atoms with Crippen LogP contribution in [0.5, 0.6) is 0 Å². The first-order valence-corrected chi connectivity index (χ1v) is 6.13. The van der Waals surface area contributed by atoms with Crippen molar-refractivity contribution in [1.29, 1.82) is 5.26 Å². The van der Waals surface area contributed by atoms with E-state index >= 15 is 0 Å². The average Bonchev–Trinajstić information content (AvgIpc) is 2.25. The lowest BCUT2D eigenvalue weighted by atomic mass is 9.93. The molecule has 0 amide bonds. The summed E-state index contributed by atoms with van der Waals surface area (Å²) in [5.41, 5.74) is 0.589. The van der Waals surface area contributed by atoms with Crippen molar-refractivity contribution in [3.05, 3.63) is 33.3 Å². The van der Waals surface area contributed by atoms with Gasteiger partial charge in [0, 0.05) is 27.4 Å². The first kappa shape index (κ1) is 13.2. The van der Waals surface area contributed by atoms with Crippen LogP contribution in [0.25, 0.3) is 0 Å². The van der Waals surface area contributed by atoms with Crippen molar-refractivity contribution in [3.8, 4) is 6.07 Å². The van der Waals surface area contributed by atoms with Gasteiger partial charge >= 0.3 is 0 Å². The van der Waals surface area contributed by atoms with E-state index in [9.17, 15) is 4.79 Å². The van der Waals surface area contributed by atoms with Crippen molar-refractivity contribution in [3.63, 3.8) is 0 Å². The number of nitrogens with zero attached hydrogens (tertiary/aromatic N) is 1. The third-order valence-corrected chi connectivity index (χ3v) is 3.29. The second-order valence-corrected chi connectivity index (χ2v) is 4.75. The molecular weight excluding hydrogens is 289 g/mol. The Hall–Kier alpha value is -0.850. The number of nitriles is 1. The third kappa shape index (κ3) is 3.07. The summed E-state index contributed by atoms with van der Waals surface area (Å²) in [6.45, 7) is 1.91. The van der Waals surface area contributed by atoms with Crippen LogP contribution >= 0.6 is 27.5 Å². The van der Waals surface area contributed by atoms with Gasteiger partial charge in [0.2, 0.25) is 0 Å². The van der Waals surface area contributed by atoms with Crippen molar-refractivity contribution in [2.75, 3.05) is 0 Å². The highest BCUT2D eigenvalue weighted by Crippen LogP contribution is 2.25. The number of hydrogen-bond acceptors (Lipinski definition) is 2. The van der Waals surface area contributed by atoms with Gasteiger partial charge in [-0.2, -0.15) is 5.26 Å². The number of hydrogen-bond donors (Lipinski definition) is 0. The van der Waals surface area contributed by atoms with Crippen LogP contribution in [0, 0.1) is 17.2 Å². The zero-order valence-electron chi connectivity index (χ0n) is 8.84. The van der Waals surface area contributed by atoms with Crippen molar-refractivity contribution in [1.82, 2.24) is 0 Å². The Morgan fingerprint density at radius 3 is 2.81 bits per heavy atom. The highest BCUT2D eigenvalue weighted by atomic mass is 79.9. The molecule has 0 spiro atoms. The number of ketones is 1. The zero-order valence-corrected chi connectivity index (χ0v) is 11.2. The summed E-state index contributed by atoms with van der Waals surface area (Å²) in [5.74, 6) is -0.241. The van der Waals surface area contributed by atoms with Gasteiger partial charge in [-0.15, -0.1) is 0 Å². The van der Waals surface area contributed by atoms with Crippen LogP contribution in [-0.4, -0.2) is 5.78 Å². The molecule has 16 heavy (non-hydrogen) atoms. The Balaban J connectivity index is 3.00. The van der Waals surface area contributed by atoms with Crippen LogP contribution in [0.15, 0.2) is 22.7 Å². The number of rotatable bonds is 4. The summed E-state index contributed by atoms with van der Waals surface area (Å²) < 4.78 is 0.682. The first-order chi connectivity index (χ1) is 7.60. The van der Waals surface area contributed by atoms with Crippen LogP contribution in [-0.2, 0) is 0 Å². The number of benzene rings is 1. The molecule has 1 rings (SSSR count). The molecule has 0 saturated carbocycles. The fourth-order valence-electron chi connectivity index (χ4n) is 1.44. The Morgan fingerprint density at radius 2 is 2.31 bits per heavy atom. The smallest absolute Gasteiger partial charge is 0.168 e. The van der Waals surface area contributed by atoms with E-state index in [4.69, 9.17) is 16.9 Å². The second-order valence-electron chi connectivity index (χ2n) is 3.46. The molecule has 0 aliphatic rings. The molecule has 1 aromatic rings. The minimum atomic E-state index is -0.234. The van der Waals surface area contributed by atoms with Crippen LogP contribution in [0.4, 0.5) is 0 Å². The van der Waals surface area contributed by atoms with E-state index in [1.807, 2.05) is 13.0 Å². The van der Waals surface area contributed by atoms with E-state index in [0.29, 0.717) is 21.5 Å². The van der Waals surface area contributed by atoms with E-state index in [-0.39, 0.29) is 18.1 Å². The van der Waals surface area contributed by atoms with E-state index < -0.39 is 0 Å².